The highest BCUT2D eigenvalue weighted by atomic mass is 35.5. The van der Waals surface area contributed by atoms with Gasteiger partial charge >= 0.3 is 0 Å². The van der Waals surface area contributed by atoms with Crippen molar-refractivity contribution < 1.29 is 4.79 Å². The van der Waals surface area contributed by atoms with E-state index in [0.29, 0.717) is 16.6 Å². The minimum atomic E-state index is 0.0330. The van der Waals surface area contributed by atoms with Gasteiger partial charge in [-0.25, -0.2) is 4.98 Å². The third-order valence-corrected chi connectivity index (χ3v) is 3.67. The van der Waals surface area contributed by atoms with Crippen molar-refractivity contribution in [1.29, 1.82) is 0 Å². The topological polar surface area (TPSA) is 71.2 Å². The molecule has 0 saturated carbocycles. The number of nitrogens with two attached hydrogens (primary N) is 1. The molecule has 0 atom stereocenters. The Bertz CT molecular complexity index is 458. The molecule has 2 heterocycles. The van der Waals surface area contributed by atoms with Crippen molar-refractivity contribution in [1.82, 2.24) is 10.3 Å². The van der Waals surface area contributed by atoms with Gasteiger partial charge < -0.3 is 16.0 Å². The van der Waals surface area contributed by atoms with E-state index < -0.39 is 0 Å². The van der Waals surface area contributed by atoms with E-state index in [9.17, 15) is 4.79 Å². The number of carbonyl (C=O) groups excluding carboxylic acids is 1. The van der Waals surface area contributed by atoms with Gasteiger partial charge in [0.15, 0.2) is 0 Å². The van der Waals surface area contributed by atoms with E-state index in [4.69, 9.17) is 17.3 Å². The summed E-state index contributed by atoms with van der Waals surface area (Å²) in [4.78, 5) is 17.4. The van der Waals surface area contributed by atoms with Gasteiger partial charge in [-0.1, -0.05) is 11.6 Å². The second kappa shape index (κ2) is 6.10. The second-order valence-corrected chi connectivity index (χ2v) is 5.35. The summed E-state index contributed by atoms with van der Waals surface area (Å²) in [5, 5.41) is 3.47. The fourth-order valence-corrected chi connectivity index (χ4v) is 2.61. The maximum atomic E-state index is 10.9. The van der Waals surface area contributed by atoms with E-state index in [-0.39, 0.29) is 5.91 Å². The number of piperidine rings is 1. The number of anilines is 2. The van der Waals surface area contributed by atoms with E-state index in [1.807, 2.05) is 0 Å². The standard InChI is InChI=1S/C13H19ClN4O/c1-9(19)16-7-10-2-4-18(5-3-10)13-12(14)6-11(15)8-17-13/h6,8,10H,2-5,7,15H2,1H3,(H,16,19). The number of aromatic nitrogens is 1. The summed E-state index contributed by atoms with van der Waals surface area (Å²) < 4.78 is 0. The first-order valence-corrected chi connectivity index (χ1v) is 6.84. The number of carbonyl (C=O) groups is 1. The highest BCUT2D eigenvalue weighted by Crippen LogP contribution is 2.28. The molecule has 6 heteroatoms. The van der Waals surface area contributed by atoms with Crippen molar-refractivity contribution in [2.24, 2.45) is 5.92 Å². The van der Waals surface area contributed by atoms with Gasteiger partial charge in [0.1, 0.15) is 5.82 Å². The third kappa shape index (κ3) is 3.73. The van der Waals surface area contributed by atoms with Crippen molar-refractivity contribution in [2.75, 3.05) is 30.3 Å². The quantitative estimate of drug-likeness (QED) is 0.885. The van der Waals surface area contributed by atoms with Gasteiger partial charge in [0, 0.05) is 26.6 Å². The number of halogens is 1. The van der Waals surface area contributed by atoms with Gasteiger partial charge in [-0.3, -0.25) is 4.79 Å². The van der Waals surface area contributed by atoms with Gasteiger partial charge in [-0.2, -0.15) is 0 Å². The Morgan fingerprint density at radius 3 is 2.84 bits per heavy atom. The summed E-state index contributed by atoms with van der Waals surface area (Å²) in [6.07, 6.45) is 3.69. The Morgan fingerprint density at radius 2 is 2.26 bits per heavy atom. The molecule has 1 saturated heterocycles. The molecule has 0 bridgehead atoms. The zero-order chi connectivity index (χ0) is 13.8. The van der Waals surface area contributed by atoms with E-state index in [0.717, 1.165) is 38.3 Å². The molecule has 5 nitrogen and oxygen atoms in total. The molecule has 19 heavy (non-hydrogen) atoms. The van der Waals surface area contributed by atoms with Gasteiger partial charge in [0.2, 0.25) is 5.91 Å². The molecule has 1 amide bonds. The summed E-state index contributed by atoms with van der Waals surface area (Å²) in [5.41, 5.74) is 6.22. The molecule has 0 unspecified atom stereocenters. The van der Waals surface area contributed by atoms with Gasteiger partial charge in [0.05, 0.1) is 16.9 Å². The SMILES string of the molecule is CC(=O)NCC1CCN(c2ncc(N)cc2Cl)CC1. The van der Waals surface area contributed by atoms with Crippen molar-refractivity contribution in [2.45, 2.75) is 19.8 Å². The monoisotopic (exact) mass is 282 g/mol. The maximum Gasteiger partial charge on any atom is 0.216 e. The van der Waals surface area contributed by atoms with Crippen molar-refractivity contribution in [3.63, 3.8) is 0 Å². The number of nitrogen functional groups attached to an aromatic ring is 1. The molecule has 1 aliphatic rings. The van der Waals surface area contributed by atoms with Gasteiger partial charge in [0.25, 0.3) is 0 Å². The number of amides is 1. The van der Waals surface area contributed by atoms with Crippen LogP contribution in [0.2, 0.25) is 5.02 Å². The number of nitrogens with zero attached hydrogens (tertiary/aromatic N) is 2. The van der Waals surface area contributed by atoms with Crippen molar-refractivity contribution in [3.8, 4) is 0 Å². The first kappa shape index (κ1) is 13.9. The first-order chi connectivity index (χ1) is 9.06. The lowest BCUT2D eigenvalue weighted by Gasteiger charge is -2.33. The van der Waals surface area contributed by atoms with Crippen LogP contribution in [0.25, 0.3) is 0 Å². The number of nitrogens with one attached hydrogen (secondary N) is 1. The minimum absolute atomic E-state index is 0.0330. The number of hydrogen-bond acceptors (Lipinski definition) is 4. The molecule has 0 radical (unpaired) electrons. The molecule has 1 aliphatic heterocycles. The molecular weight excluding hydrogens is 264 g/mol. The predicted molar refractivity (Wildman–Crippen MR) is 77.3 cm³/mol. The van der Waals surface area contributed by atoms with Crippen LogP contribution in [0, 0.1) is 5.92 Å². The Hall–Kier alpha value is -1.49. The molecule has 2 rings (SSSR count). The maximum absolute atomic E-state index is 10.9. The lowest BCUT2D eigenvalue weighted by Crippen LogP contribution is -2.38. The van der Waals surface area contributed by atoms with E-state index >= 15 is 0 Å². The predicted octanol–water partition coefficient (Wildman–Crippen LogP) is 1.67. The Balaban J connectivity index is 1.90. The molecular formula is C13H19ClN4O. The second-order valence-electron chi connectivity index (χ2n) is 4.94. The lowest BCUT2D eigenvalue weighted by molar-refractivity contribution is -0.119. The summed E-state index contributed by atoms with van der Waals surface area (Å²) >= 11 is 6.16. The van der Waals surface area contributed by atoms with E-state index in [1.54, 1.807) is 19.2 Å². The molecule has 0 aromatic carbocycles. The average molecular weight is 283 g/mol. The molecule has 0 spiro atoms. The number of rotatable bonds is 3. The fraction of sp³-hybridized carbons (Fsp3) is 0.538. The van der Waals surface area contributed by atoms with Gasteiger partial charge in [-0.15, -0.1) is 0 Å². The van der Waals surface area contributed by atoms with Crippen LogP contribution in [0.15, 0.2) is 12.3 Å². The summed E-state index contributed by atoms with van der Waals surface area (Å²) in [6.45, 7) is 4.11. The van der Waals surface area contributed by atoms with Crippen LogP contribution in [-0.2, 0) is 4.79 Å². The van der Waals surface area contributed by atoms with Crippen LogP contribution in [0.1, 0.15) is 19.8 Å². The largest absolute Gasteiger partial charge is 0.397 e. The smallest absolute Gasteiger partial charge is 0.216 e. The van der Waals surface area contributed by atoms with Crippen LogP contribution in [0.4, 0.5) is 11.5 Å². The van der Waals surface area contributed by atoms with Gasteiger partial charge in [-0.05, 0) is 24.8 Å². The normalized spacial score (nSPS) is 16.4. The summed E-state index contributed by atoms with van der Waals surface area (Å²) in [6, 6.07) is 1.73. The number of hydrogen-bond donors (Lipinski definition) is 2. The minimum Gasteiger partial charge on any atom is -0.397 e. The Kier molecular flexibility index (Phi) is 4.47. The van der Waals surface area contributed by atoms with Crippen LogP contribution in [0.5, 0.6) is 0 Å². The molecule has 3 N–H and O–H groups in total. The van der Waals surface area contributed by atoms with Crippen LogP contribution in [0.3, 0.4) is 0 Å². The van der Waals surface area contributed by atoms with Crippen LogP contribution < -0.4 is 16.0 Å². The fourth-order valence-electron chi connectivity index (χ4n) is 2.32. The average Bonchev–Trinajstić information content (AvgIpc) is 2.37. The summed E-state index contributed by atoms with van der Waals surface area (Å²) in [5.74, 6) is 1.37. The molecule has 1 aromatic heterocycles. The van der Waals surface area contributed by atoms with E-state index in [2.05, 4.69) is 15.2 Å². The Morgan fingerprint density at radius 1 is 1.58 bits per heavy atom. The zero-order valence-corrected chi connectivity index (χ0v) is 11.8. The van der Waals surface area contributed by atoms with Crippen molar-refractivity contribution in [3.05, 3.63) is 17.3 Å². The van der Waals surface area contributed by atoms with E-state index in [1.165, 1.54) is 0 Å². The van der Waals surface area contributed by atoms with Crippen LogP contribution in [-0.4, -0.2) is 30.5 Å². The first-order valence-electron chi connectivity index (χ1n) is 6.46. The lowest BCUT2D eigenvalue weighted by atomic mass is 9.97. The highest BCUT2D eigenvalue weighted by Gasteiger charge is 2.21. The molecule has 104 valence electrons. The van der Waals surface area contributed by atoms with Crippen molar-refractivity contribution >= 4 is 29.0 Å². The molecule has 1 fully saturated rings. The molecule has 0 aliphatic carbocycles. The zero-order valence-electron chi connectivity index (χ0n) is 11.0. The third-order valence-electron chi connectivity index (χ3n) is 3.40. The number of pyridine rings is 1. The van der Waals surface area contributed by atoms with Crippen LogP contribution >= 0.6 is 11.6 Å². The summed E-state index contributed by atoms with van der Waals surface area (Å²) in [7, 11) is 0. The Labute approximate surface area is 118 Å². The highest BCUT2D eigenvalue weighted by molar-refractivity contribution is 6.33. The molecule has 1 aromatic rings.